The third-order valence-electron chi connectivity index (χ3n) is 1.41. The van der Waals surface area contributed by atoms with Crippen LogP contribution in [0.2, 0.25) is 0 Å². The highest BCUT2D eigenvalue weighted by atomic mass is 16.4. The SMILES string of the molecule is C[C@@](N)(C[C@H](N)CO)C(=O)O. The summed E-state index contributed by atoms with van der Waals surface area (Å²) in [6.07, 6.45) is 0.0683. The van der Waals surface area contributed by atoms with Gasteiger partial charge in [-0.25, -0.2) is 0 Å². The normalized spacial score (nSPS) is 18.9. The lowest BCUT2D eigenvalue weighted by molar-refractivity contribution is -0.143. The maximum absolute atomic E-state index is 10.4. The van der Waals surface area contributed by atoms with Gasteiger partial charge in [-0.15, -0.1) is 0 Å². The van der Waals surface area contributed by atoms with E-state index in [2.05, 4.69) is 0 Å². The van der Waals surface area contributed by atoms with Crippen molar-refractivity contribution in [2.24, 2.45) is 11.5 Å². The molecule has 0 aliphatic carbocycles. The Bertz CT molecular complexity index is 147. The molecule has 2 atom stereocenters. The van der Waals surface area contributed by atoms with Gasteiger partial charge in [0, 0.05) is 6.04 Å². The van der Waals surface area contributed by atoms with Crippen LogP contribution in [0.4, 0.5) is 0 Å². The molecular weight excluding hydrogens is 148 g/mol. The number of carboxylic acid groups (broad SMARTS) is 1. The molecule has 0 unspecified atom stereocenters. The van der Waals surface area contributed by atoms with Gasteiger partial charge in [-0.3, -0.25) is 4.79 Å². The molecule has 0 aromatic rings. The Morgan fingerprint density at radius 2 is 2.18 bits per heavy atom. The number of nitrogens with two attached hydrogens (primary N) is 2. The van der Waals surface area contributed by atoms with Gasteiger partial charge in [0.05, 0.1) is 6.61 Å². The van der Waals surface area contributed by atoms with E-state index in [4.69, 9.17) is 21.7 Å². The van der Waals surface area contributed by atoms with E-state index in [1.807, 2.05) is 0 Å². The predicted octanol–water partition coefficient (Wildman–Crippen LogP) is -1.50. The molecule has 0 saturated heterocycles. The van der Waals surface area contributed by atoms with Crippen molar-refractivity contribution in [1.29, 1.82) is 0 Å². The van der Waals surface area contributed by atoms with E-state index in [1.54, 1.807) is 0 Å². The van der Waals surface area contributed by atoms with Crippen LogP contribution in [0.15, 0.2) is 0 Å². The Balaban J connectivity index is 4.01. The first kappa shape index (κ1) is 10.3. The fraction of sp³-hybridized carbons (Fsp3) is 0.833. The van der Waals surface area contributed by atoms with Crippen LogP contribution >= 0.6 is 0 Å². The quantitative estimate of drug-likeness (QED) is 0.402. The van der Waals surface area contributed by atoms with Gasteiger partial charge >= 0.3 is 5.97 Å². The molecule has 0 aliphatic rings. The summed E-state index contributed by atoms with van der Waals surface area (Å²) in [5.74, 6) is -1.11. The zero-order valence-electron chi connectivity index (χ0n) is 6.45. The smallest absolute Gasteiger partial charge is 0.323 e. The number of carbonyl (C=O) groups is 1. The number of hydrogen-bond acceptors (Lipinski definition) is 4. The molecule has 0 spiro atoms. The van der Waals surface area contributed by atoms with Crippen molar-refractivity contribution in [2.75, 3.05) is 6.61 Å². The number of aliphatic hydroxyl groups excluding tert-OH is 1. The van der Waals surface area contributed by atoms with E-state index in [9.17, 15) is 4.79 Å². The molecule has 66 valence electrons. The second kappa shape index (κ2) is 3.66. The van der Waals surface area contributed by atoms with Gasteiger partial charge in [-0.05, 0) is 13.3 Å². The molecule has 11 heavy (non-hydrogen) atoms. The Labute approximate surface area is 65.0 Å². The minimum absolute atomic E-state index is 0.0683. The lowest BCUT2D eigenvalue weighted by atomic mass is 9.95. The van der Waals surface area contributed by atoms with Gasteiger partial charge in [0.2, 0.25) is 0 Å². The van der Waals surface area contributed by atoms with Crippen LogP contribution in [-0.2, 0) is 4.79 Å². The summed E-state index contributed by atoms with van der Waals surface area (Å²) in [5, 5.41) is 17.0. The Morgan fingerprint density at radius 3 is 2.45 bits per heavy atom. The topological polar surface area (TPSA) is 110 Å². The first-order valence-corrected chi connectivity index (χ1v) is 3.29. The van der Waals surface area contributed by atoms with Crippen molar-refractivity contribution < 1.29 is 15.0 Å². The standard InChI is InChI=1S/C6H14N2O3/c1-6(8,5(10)11)2-4(7)3-9/h4,9H,2-3,7-8H2,1H3,(H,10,11)/t4-,6+/m0/s1. The second-order valence-corrected chi connectivity index (χ2v) is 2.87. The minimum atomic E-state index is -1.35. The molecule has 0 aliphatic heterocycles. The van der Waals surface area contributed by atoms with Crippen molar-refractivity contribution in [2.45, 2.75) is 24.9 Å². The molecule has 0 saturated carbocycles. The largest absolute Gasteiger partial charge is 0.480 e. The summed E-state index contributed by atoms with van der Waals surface area (Å²) < 4.78 is 0. The lowest BCUT2D eigenvalue weighted by Gasteiger charge is -2.21. The van der Waals surface area contributed by atoms with E-state index in [0.717, 1.165) is 0 Å². The molecule has 5 heteroatoms. The highest BCUT2D eigenvalue weighted by Gasteiger charge is 2.29. The lowest BCUT2D eigenvalue weighted by Crippen LogP contribution is -2.49. The maximum Gasteiger partial charge on any atom is 0.323 e. The third-order valence-corrected chi connectivity index (χ3v) is 1.41. The Kier molecular flexibility index (Phi) is 3.44. The number of aliphatic carboxylic acids is 1. The third kappa shape index (κ3) is 3.31. The maximum atomic E-state index is 10.4. The average Bonchev–Trinajstić information content (AvgIpc) is 1.86. The zero-order valence-corrected chi connectivity index (χ0v) is 6.45. The van der Waals surface area contributed by atoms with Gasteiger partial charge in [-0.1, -0.05) is 0 Å². The van der Waals surface area contributed by atoms with Crippen LogP contribution in [0.1, 0.15) is 13.3 Å². The Morgan fingerprint density at radius 1 is 1.73 bits per heavy atom. The number of hydrogen-bond donors (Lipinski definition) is 4. The van der Waals surface area contributed by atoms with E-state index in [0.29, 0.717) is 0 Å². The summed E-state index contributed by atoms with van der Waals surface area (Å²) in [5.41, 5.74) is 9.30. The summed E-state index contributed by atoms with van der Waals surface area (Å²) in [6, 6.07) is -0.568. The van der Waals surface area contributed by atoms with E-state index in [1.165, 1.54) is 6.92 Å². The van der Waals surface area contributed by atoms with Crippen molar-refractivity contribution >= 4 is 5.97 Å². The van der Waals surface area contributed by atoms with E-state index >= 15 is 0 Å². The van der Waals surface area contributed by atoms with Crippen LogP contribution in [0.25, 0.3) is 0 Å². The molecule has 6 N–H and O–H groups in total. The summed E-state index contributed by atoms with van der Waals surface area (Å²) in [7, 11) is 0. The summed E-state index contributed by atoms with van der Waals surface area (Å²) in [4.78, 5) is 10.4. The molecule has 0 rings (SSSR count). The van der Waals surface area contributed by atoms with Crippen molar-refractivity contribution in [1.82, 2.24) is 0 Å². The highest BCUT2D eigenvalue weighted by Crippen LogP contribution is 2.07. The minimum Gasteiger partial charge on any atom is -0.480 e. The highest BCUT2D eigenvalue weighted by molar-refractivity contribution is 5.77. The van der Waals surface area contributed by atoms with Gasteiger partial charge in [0.1, 0.15) is 5.54 Å². The Hall–Kier alpha value is -0.650. The first-order chi connectivity index (χ1) is 4.90. The van der Waals surface area contributed by atoms with Crippen molar-refractivity contribution in [3.8, 4) is 0 Å². The van der Waals surface area contributed by atoms with Gasteiger partial charge in [-0.2, -0.15) is 0 Å². The molecule has 0 aromatic heterocycles. The van der Waals surface area contributed by atoms with Crippen molar-refractivity contribution in [3.63, 3.8) is 0 Å². The van der Waals surface area contributed by atoms with Gasteiger partial charge < -0.3 is 21.7 Å². The van der Waals surface area contributed by atoms with Crippen LogP contribution in [0.5, 0.6) is 0 Å². The molecule has 0 aromatic carbocycles. The summed E-state index contributed by atoms with van der Waals surface area (Å²) in [6.45, 7) is 1.12. The van der Waals surface area contributed by atoms with Crippen LogP contribution < -0.4 is 11.5 Å². The second-order valence-electron chi connectivity index (χ2n) is 2.87. The van der Waals surface area contributed by atoms with Crippen molar-refractivity contribution in [3.05, 3.63) is 0 Å². The van der Waals surface area contributed by atoms with Gasteiger partial charge in [0.15, 0.2) is 0 Å². The summed E-state index contributed by atoms with van der Waals surface area (Å²) >= 11 is 0. The van der Waals surface area contributed by atoms with Gasteiger partial charge in [0.25, 0.3) is 0 Å². The van der Waals surface area contributed by atoms with Crippen LogP contribution in [0, 0.1) is 0 Å². The number of aliphatic hydroxyl groups is 1. The molecular formula is C6H14N2O3. The van der Waals surface area contributed by atoms with Crippen LogP contribution in [0.3, 0.4) is 0 Å². The molecule has 0 bridgehead atoms. The molecule has 0 fully saturated rings. The number of rotatable bonds is 4. The zero-order chi connectivity index (χ0) is 9.07. The van der Waals surface area contributed by atoms with E-state index in [-0.39, 0.29) is 13.0 Å². The number of carboxylic acids is 1. The molecule has 5 nitrogen and oxygen atoms in total. The first-order valence-electron chi connectivity index (χ1n) is 3.29. The van der Waals surface area contributed by atoms with E-state index < -0.39 is 17.6 Å². The molecule has 0 radical (unpaired) electrons. The van der Waals surface area contributed by atoms with Crippen LogP contribution in [-0.4, -0.2) is 34.4 Å². The molecule has 0 amide bonds. The molecule has 0 heterocycles. The fourth-order valence-corrected chi connectivity index (χ4v) is 0.697. The average molecular weight is 162 g/mol. The predicted molar refractivity (Wildman–Crippen MR) is 39.9 cm³/mol. The monoisotopic (exact) mass is 162 g/mol. The fourth-order valence-electron chi connectivity index (χ4n) is 0.697.